The molecule has 5 nitrogen and oxygen atoms in total. The number of benzene rings is 3. The molecule has 0 amide bonds. The van der Waals surface area contributed by atoms with E-state index in [1.807, 2.05) is 42.7 Å². The summed E-state index contributed by atoms with van der Waals surface area (Å²) in [6.45, 7) is 2.67. The van der Waals surface area contributed by atoms with E-state index < -0.39 is 0 Å². The number of nitrogens with zero attached hydrogens (tertiary/aromatic N) is 5. The molecule has 2 heterocycles. The van der Waals surface area contributed by atoms with Crippen LogP contribution in [0.2, 0.25) is 0 Å². The highest BCUT2D eigenvalue weighted by Crippen LogP contribution is 2.32. The molecule has 1 aromatic heterocycles. The summed E-state index contributed by atoms with van der Waals surface area (Å²) in [5.41, 5.74) is 3.00. The number of aromatic nitrogens is 2. The van der Waals surface area contributed by atoms with Gasteiger partial charge in [-0.1, -0.05) is 42.5 Å². The van der Waals surface area contributed by atoms with E-state index in [9.17, 15) is 5.26 Å². The number of fused-ring (bicyclic) bond motifs is 1. The molecule has 30 heavy (non-hydrogen) atoms. The van der Waals surface area contributed by atoms with E-state index in [1.54, 1.807) is 0 Å². The Morgan fingerprint density at radius 2 is 1.63 bits per heavy atom. The molecule has 0 aliphatic carbocycles. The van der Waals surface area contributed by atoms with E-state index in [0.29, 0.717) is 0 Å². The Balaban J connectivity index is 1.51. The monoisotopic (exact) mass is 393 g/mol. The maximum Gasteiger partial charge on any atom is 0.129 e. The summed E-state index contributed by atoms with van der Waals surface area (Å²) in [5, 5.41) is 16.4. The van der Waals surface area contributed by atoms with Gasteiger partial charge in [0.25, 0.3) is 0 Å². The van der Waals surface area contributed by atoms with Crippen molar-refractivity contribution in [1.29, 1.82) is 5.26 Å². The molecular weight excluding hydrogens is 370 g/mol. The summed E-state index contributed by atoms with van der Waals surface area (Å²) in [4.78, 5) is 4.66. The number of nitriles is 1. The highest BCUT2D eigenvalue weighted by Gasteiger charge is 2.24. The van der Waals surface area contributed by atoms with Crippen LogP contribution in [0.4, 0.5) is 5.69 Å². The quantitative estimate of drug-likeness (QED) is 0.494. The zero-order chi connectivity index (χ0) is 20.3. The Labute approximate surface area is 176 Å². The predicted octanol–water partition coefficient (Wildman–Crippen LogP) is 4.91. The second kappa shape index (κ2) is 8.02. The second-order valence-electron chi connectivity index (χ2n) is 7.56. The van der Waals surface area contributed by atoms with Crippen LogP contribution in [-0.2, 0) is 6.54 Å². The number of anilines is 1. The molecule has 0 bridgehead atoms. The van der Waals surface area contributed by atoms with Crippen molar-refractivity contribution in [3.8, 4) is 11.8 Å². The largest absolute Gasteiger partial charge is 0.305 e. The third-order valence-corrected chi connectivity index (χ3v) is 5.75. The Morgan fingerprint density at radius 3 is 2.47 bits per heavy atom. The highest BCUT2D eigenvalue weighted by molar-refractivity contribution is 5.97. The van der Waals surface area contributed by atoms with Gasteiger partial charge >= 0.3 is 0 Å². The van der Waals surface area contributed by atoms with Crippen molar-refractivity contribution in [2.45, 2.75) is 19.4 Å². The number of hydrazine groups is 1. The number of para-hydroxylation sites is 1. The maximum atomic E-state index is 9.51. The van der Waals surface area contributed by atoms with Crippen molar-refractivity contribution in [3.05, 3.63) is 90.5 Å². The van der Waals surface area contributed by atoms with Gasteiger partial charge in [-0.3, -0.25) is 0 Å². The first kappa shape index (κ1) is 18.4. The van der Waals surface area contributed by atoms with Gasteiger partial charge in [-0.05, 0) is 37.1 Å². The summed E-state index contributed by atoms with van der Waals surface area (Å²) >= 11 is 0. The van der Waals surface area contributed by atoms with Gasteiger partial charge in [-0.25, -0.2) is 9.99 Å². The minimum Gasteiger partial charge on any atom is -0.305 e. The lowest BCUT2D eigenvalue weighted by atomic mass is 10.0. The van der Waals surface area contributed by atoms with Gasteiger partial charge in [-0.15, -0.1) is 0 Å². The topological polar surface area (TPSA) is 48.1 Å². The lowest BCUT2D eigenvalue weighted by Gasteiger charge is -2.40. The van der Waals surface area contributed by atoms with E-state index in [-0.39, 0.29) is 0 Å². The predicted molar refractivity (Wildman–Crippen MR) is 119 cm³/mol. The first-order valence-electron chi connectivity index (χ1n) is 10.4. The zero-order valence-corrected chi connectivity index (χ0v) is 16.8. The lowest BCUT2D eigenvalue weighted by Crippen LogP contribution is -2.47. The Bertz CT molecular complexity index is 1210. The normalized spacial score (nSPS) is 14.7. The van der Waals surface area contributed by atoms with Crippen LogP contribution in [0.1, 0.15) is 24.2 Å². The summed E-state index contributed by atoms with van der Waals surface area (Å²) in [5.74, 6) is 1.02. The number of hydrogen-bond donors (Lipinski definition) is 0. The Morgan fingerprint density at radius 1 is 0.867 bits per heavy atom. The fourth-order valence-electron chi connectivity index (χ4n) is 4.30. The molecule has 1 aliphatic heterocycles. The van der Waals surface area contributed by atoms with Gasteiger partial charge in [0.2, 0.25) is 0 Å². The average Bonchev–Trinajstić information content (AvgIpc) is 3.27. The molecular formula is C25H23N5. The molecule has 0 N–H and O–H groups in total. The molecule has 0 unspecified atom stereocenters. The SMILES string of the molecule is N#Cc1ccc(N2CCCCN2Cc2nccn2-c2ccccc2)c2ccccc12. The molecule has 0 saturated carbocycles. The minimum atomic E-state index is 0.720. The Kier molecular flexibility index (Phi) is 4.92. The summed E-state index contributed by atoms with van der Waals surface area (Å²) in [6, 6.07) is 24.9. The van der Waals surface area contributed by atoms with Crippen molar-refractivity contribution in [2.75, 3.05) is 18.1 Å². The molecule has 3 aromatic carbocycles. The van der Waals surface area contributed by atoms with Crippen molar-refractivity contribution in [1.82, 2.24) is 14.6 Å². The van der Waals surface area contributed by atoms with Crippen LogP contribution in [0.25, 0.3) is 16.5 Å². The first-order chi connectivity index (χ1) is 14.8. The van der Waals surface area contributed by atoms with Crippen molar-refractivity contribution >= 4 is 16.5 Å². The summed E-state index contributed by atoms with van der Waals surface area (Å²) < 4.78 is 2.16. The molecule has 5 heteroatoms. The smallest absolute Gasteiger partial charge is 0.129 e. The Hall–Kier alpha value is -3.62. The van der Waals surface area contributed by atoms with Gasteiger partial charge in [-0.2, -0.15) is 5.26 Å². The molecule has 4 aromatic rings. The van der Waals surface area contributed by atoms with Gasteiger partial charge in [0.05, 0.1) is 23.9 Å². The standard InChI is InChI=1S/C25H23N5/c26-18-20-12-13-24(23-11-5-4-10-22(20)23)30-16-7-6-15-28(30)19-25-27-14-17-29(25)21-8-2-1-3-9-21/h1-5,8-14,17H,6-7,15-16,19H2. The minimum absolute atomic E-state index is 0.720. The lowest BCUT2D eigenvalue weighted by molar-refractivity contribution is 0.199. The summed E-state index contributed by atoms with van der Waals surface area (Å²) in [6.07, 6.45) is 6.21. The highest BCUT2D eigenvalue weighted by atomic mass is 15.6. The third-order valence-electron chi connectivity index (χ3n) is 5.75. The maximum absolute atomic E-state index is 9.51. The van der Waals surface area contributed by atoms with Crippen LogP contribution in [0, 0.1) is 11.3 Å². The van der Waals surface area contributed by atoms with Crippen LogP contribution in [0.5, 0.6) is 0 Å². The second-order valence-corrected chi connectivity index (χ2v) is 7.56. The van der Waals surface area contributed by atoms with Crippen LogP contribution in [-0.4, -0.2) is 27.6 Å². The fraction of sp³-hybridized carbons (Fsp3) is 0.200. The van der Waals surface area contributed by atoms with Crippen molar-refractivity contribution in [3.63, 3.8) is 0 Å². The molecule has 148 valence electrons. The zero-order valence-electron chi connectivity index (χ0n) is 16.8. The molecule has 1 aliphatic rings. The van der Waals surface area contributed by atoms with Crippen molar-refractivity contribution in [2.24, 2.45) is 0 Å². The third kappa shape index (κ3) is 3.32. The van der Waals surface area contributed by atoms with Crippen LogP contribution >= 0.6 is 0 Å². The van der Waals surface area contributed by atoms with Crippen LogP contribution in [0.15, 0.2) is 79.1 Å². The molecule has 0 atom stereocenters. The van der Waals surface area contributed by atoms with Crippen molar-refractivity contribution < 1.29 is 0 Å². The molecule has 1 saturated heterocycles. The van der Waals surface area contributed by atoms with Gasteiger partial charge in [0.15, 0.2) is 0 Å². The number of hydrogen-bond acceptors (Lipinski definition) is 4. The van der Waals surface area contributed by atoms with E-state index >= 15 is 0 Å². The van der Waals surface area contributed by atoms with E-state index in [4.69, 9.17) is 0 Å². The van der Waals surface area contributed by atoms with Crippen LogP contribution < -0.4 is 5.01 Å². The van der Waals surface area contributed by atoms with E-state index in [2.05, 4.69) is 62.0 Å². The first-order valence-corrected chi connectivity index (χ1v) is 10.4. The van der Waals surface area contributed by atoms with Gasteiger partial charge in [0.1, 0.15) is 5.82 Å². The molecule has 5 rings (SSSR count). The fourth-order valence-corrected chi connectivity index (χ4v) is 4.30. The molecule has 0 radical (unpaired) electrons. The van der Waals surface area contributed by atoms with Gasteiger partial charge in [0, 0.05) is 41.9 Å². The average molecular weight is 393 g/mol. The van der Waals surface area contributed by atoms with Crippen LogP contribution in [0.3, 0.4) is 0 Å². The van der Waals surface area contributed by atoms with Gasteiger partial charge < -0.3 is 9.58 Å². The molecule has 1 fully saturated rings. The van der Waals surface area contributed by atoms with E-state index in [1.165, 1.54) is 0 Å². The van der Waals surface area contributed by atoms with E-state index in [0.717, 1.165) is 66.0 Å². The number of imidazole rings is 1. The molecule has 0 spiro atoms. The number of rotatable bonds is 4. The summed E-state index contributed by atoms with van der Waals surface area (Å²) in [7, 11) is 0.